The maximum Gasteiger partial charge on any atom is 0.293 e. The number of carbonyl (C=O) groups excluding carboxylic acids is 1. The van der Waals surface area contributed by atoms with Gasteiger partial charge in [-0.25, -0.2) is 0 Å². The van der Waals surface area contributed by atoms with Crippen LogP contribution in [0.3, 0.4) is 0 Å². The van der Waals surface area contributed by atoms with Crippen LogP contribution in [0, 0.1) is 0 Å². The summed E-state index contributed by atoms with van der Waals surface area (Å²) in [6.07, 6.45) is 4.76. The second kappa shape index (κ2) is 8.49. The summed E-state index contributed by atoms with van der Waals surface area (Å²) >= 11 is 0. The highest BCUT2D eigenvalue weighted by Gasteiger charge is 1.65. The molecular formula is C8H10O3. The molecule has 0 bridgehead atoms. The molecule has 1 aromatic rings. The van der Waals surface area contributed by atoms with E-state index in [1.165, 1.54) is 6.08 Å². The smallest absolute Gasteiger partial charge is 0.293 e. The van der Waals surface area contributed by atoms with Crippen molar-refractivity contribution in [3.05, 3.63) is 37.3 Å². The number of hydrogen-bond acceptors (Lipinski definition) is 3. The van der Waals surface area contributed by atoms with E-state index in [1.807, 2.05) is 12.1 Å². The second-order valence-electron chi connectivity index (χ2n) is 1.51. The van der Waals surface area contributed by atoms with E-state index in [0.717, 1.165) is 0 Å². The number of hydrogen-bond donors (Lipinski definition) is 0. The molecule has 0 atom stereocenters. The summed E-state index contributed by atoms with van der Waals surface area (Å²) in [5.41, 5.74) is 0. The number of ether oxygens (including phenoxy) is 1. The minimum atomic E-state index is 0.309. The Hall–Kier alpha value is -1.51. The molecule has 1 heterocycles. The molecule has 0 spiro atoms. The van der Waals surface area contributed by atoms with Crippen molar-refractivity contribution < 1.29 is 13.9 Å². The predicted molar refractivity (Wildman–Crippen MR) is 40.9 cm³/mol. The maximum absolute atomic E-state index is 9.29. The average Bonchev–Trinajstić information content (AvgIpc) is 2.57. The van der Waals surface area contributed by atoms with Crippen LogP contribution in [0.25, 0.3) is 0 Å². The molecule has 1 rings (SSSR count). The molecule has 0 unspecified atom stereocenters. The lowest BCUT2D eigenvalue weighted by atomic mass is 10.7. The fourth-order valence-electron chi connectivity index (χ4n) is 0.334. The molecule has 0 aromatic carbocycles. The molecule has 0 saturated heterocycles. The van der Waals surface area contributed by atoms with Gasteiger partial charge < -0.3 is 9.15 Å². The van der Waals surface area contributed by atoms with Gasteiger partial charge in [-0.1, -0.05) is 12.7 Å². The second-order valence-corrected chi connectivity index (χ2v) is 1.51. The third-order valence-corrected chi connectivity index (χ3v) is 0.707. The van der Waals surface area contributed by atoms with Crippen molar-refractivity contribution in [2.24, 2.45) is 0 Å². The average molecular weight is 154 g/mol. The molecule has 1 aromatic heterocycles. The van der Waals surface area contributed by atoms with Gasteiger partial charge in [0.2, 0.25) is 0 Å². The number of rotatable bonds is 3. The van der Waals surface area contributed by atoms with Crippen LogP contribution in [0.15, 0.2) is 41.7 Å². The summed E-state index contributed by atoms with van der Waals surface area (Å²) in [4.78, 5) is 9.29. The Morgan fingerprint density at radius 3 is 2.27 bits per heavy atom. The first-order valence-corrected chi connectivity index (χ1v) is 3.05. The van der Waals surface area contributed by atoms with Crippen molar-refractivity contribution in [2.75, 3.05) is 6.61 Å². The normalized spacial score (nSPS) is 7.27. The Kier molecular flexibility index (Phi) is 7.32. The fourth-order valence-corrected chi connectivity index (χ4v) is 0.334. The van der Waals surface area contributed by atoms with Crippen molar-refractivity contribution >= 4 is 6.47 Å². The third-order valence-electron chi connectivity index (χ3n) is 0.707. The van der Waals surface area contributed by atoms with Gasteiger partial charge >= 0.3 is 0 Å². The minimum Gasteiger partial charge on any atom is -0.473 e. The largest absolute Gasteiger partial charge is 0.473 e. The van der Waals surface area contributed by atoms with Gasteiger partial charge in [0.1, 0.15) is 6.61 Å². The lowest BCUT2D eigenvalue weighted by Crippen LogP contribution is -1.83. The molecule has 0 amide bonds. The lowest BCUT2D eigenvalue weighted by molar-refractivity contribution is -0.127. The summed E-state index contributed by atoms with van der Waals surface area (Å²) in [6.45, 7) is 4.01. The maximum atomic E-state index is 9.29. The van der Waals surface area contributed by atoms with Crippen molar-refractivity contribution in [3.63, 3.8) is 0 Å². The van der Waals surface area contributed by atoms with E-state index >= 15 is 0 Å². The van der Waals surface area contributed by atoms with E-state index in [2.05, 4.69) is 15.7 Å². The van der Waals surface area contributed by atoms with Gasteiger partial charge in [0.25, 0.3) is 6.47 Å². The summed E-state index contributed by atoms with van der Waals surface area (Å²) in [7, 11) is 0. The van der Waals surface area contributed by atoms with Crippen LogP contribution < -0.4 is 0 Å². The first kappa shape index (κ1) is 9.49. The van der Waals surface area contributed by atoms with Gasteiger partial charge in [-0.15, -0.1) is 0 Å². The molecule has 0 aliphatic heterocycles. The monoisotopic (exact) mass is 154 g/mol. The van der Waals surface area contributed by atoms with Gasteiger partial charge in [0.05, 0.1) is 12.5 Å². The van der Waals surface area contributed by atoms with Crippen LogP contribution in [0.4, 0.5) is 0 Å². The first-order chi connectivity index (χ1) is 5.41. The van der Waals surface area contributed by atoms with Gasteiger partial charge in [-0.05, 0) is 12.1 Å². The fraction of sp³-hybridized carbons (Fsp3) is 0.125. The Morgan fingerprint density at radius 2 is 2.09 bits per heavy atom. The Balaban J connectivity index is 0.000000183. The first-order valence-electron chi connectivity index (χ1n) is 3.05. The molecule has 0 radical (unpaired) electrons. The molecule has 0 aliphatic rings. The van der Waals surface area contributed by atoms with E-state index in [4.69, 9.17) is 0 Å². The Bertz CT molecular complexity index is 142. The van der Waals surface area contributed by atoms with Crippen molar-refractivity contribution in [3.8, 4) is 0 Å². The molecule has 0 fully saturated rings. The highest BCUT2D eigenvalue weighted by molar-refractivity contribution is 5.37. The van der Waals surface area contributed by atoms with Gasteiger partial charge in [-0.2, -0.15) is 0 Å². The zero-order chi connectivity index (χ0) is 8.36. The molecule has 3 heteroatoms. The number of furan rings is 1. The van der Waals surface area contributed by atoms with Gasteiger partial charge in [0, 0.05) is 0 Å². The molecule has 0 saturated carbocycles. The zero-order valence-electron chi connectivity index (χ0n) is 6.10. The zero-order valence-corrected chi connectivity index (χ0v) is 6.10. The van der Waals surface area contributed by atoms with Crippen molar-refractivity contribution in [1.29, 1.82) is 0 Å². The van der Waals surface area contributed by atoms with E-state index in [9.17, 15) is 4.79 Å². The lowest BCUT2D eigenvalue weighted by Gasteiger charge is -1.82. The quantitative estimate of drug-likeness (QED) is 0.377. The predicted octanol–water partition coefficient (Wildman–Crippen LogP) is 1.62. The summed E-state index contributed by atoms with van der Waals surface area (Å²) in [6, 6.07) is 3.67. The molecule has 11 heavy (non-hydrogen) atoms. The van der Waals surface area contributed by atoms with Crippen LogP contribution in [0.2, 0.25) is 0 Å². The van der Waals surface area contributed by atoms with Crippen molar-refractivity contribution in [2.45, 2.75) is 0 Å². The molecule has 60 valence electrons. The summed E-state index contributed by atoms with van der Waals surface area (Å²) in [5, 5.41) is 0. The summed E-state index contributed by atoms with van der Waals surface area (Å²) in [5.74, 6) is 0. The van der Waals surface area contributed by atoms with Crippen LogP contribution in [-0.4, -0.2) is 13.1 Å². The van der Waals surface area contributed by atoms with Crippen LogP contribution in [0.5, 0.6) is 0 Å². The molecular weight excluding hydrogens is 144 g/mol. The molecule has 3 nitrogen and oxygen atoms in total. The highest BCUT2D eigenvalue weighted by atomic mass is 16.5. The molecule has 0 aliphatic carbocycles. The topological polar surface area (TPSA) is 39.4 Å². The van der Waals surface area contributed by atoms with Crippen molar-refractivity contribution in [1.82, 2.24) is 0 Å². The molecule has 0 N–H and O–H groups in total. The van der Waals surface area contributed by atoms with Gasteiger partial charge in [-0.3, -0.25) is 4.79 Å². The Morgan fingerprint density at radius 1 is 1.45 bits per heavy atom. The van der Waals surface area contributed by atoms with Crippen LogP contribution in [0.1, 0.15) is 0 Å². The van der Waals surface area contributed by atoms with Gasteiger partial charge in [0.15, 0.2) is 0 Å². The van der Waals surface area contributed by atoms with E-state index in [-0.39, 0.29) is 0 Å². The minimum absolute atomic E-state index is 0.309. The van der Waals surface area contributed by atoms with E-state index in [0.29, 0.717) is 13.1 Å². The summed E-state index contributed by atoms with van der Waals surface area (Å²) < 4.78 is 8.77. The highest BCUT2D eigenvalue weighted by Crippen LogP contribution is 1.79. The Labute approximate surface area is 65.3 Å². The number of carbonyl (C=O) groups is 1. The third kappa shape index (κ3) is 8.49. The van der Waals surface area contributed by atoms with E-state index in [1.54, 1.807) is 12.5 Å². The van der Waals surface area contributed by atoms with Crippen LogP contribution in [-0.2, 0) is 9.53 Å². The SMILES string of the molecule is C=CCOC=O.c1ccoc1. The van der Waals surface area contributed by atoms with Crippen LogP contribution >= 0.6 is 0 Å². The standard InChI is InChI=1S/C4H6O2.C4H4O/c1-2-3-6-4-5;1-2-4-5-3-1/h2,4H,1,3H2;1-4H. The van der Waals surface area contributed by atoms with E-state index < -0.39 is 0 Å².